The SMILES string of the molecule is O=C(c1ccc(OC(F)(F)C(F)(F)F)cc1)N(O)C(=O)C1(CS(=O)(=O)N2CC=C(c3ccccc3)CC2)CCNCC1. The number of halogens is 5. The van der Waals surface area contributed by atoms with Gasteiger partial charge in [0, 0.05) is 18.7 Å². The summed E-state index contributed by atoms with van der Waals surface area (Å²) in [6.07, 6.45) is -9.23. The summed E-state index contributed by atoms with van der Waals surface area (Å²) in [6, 6.07) is 12.3. The van der Waals surface area contributed by atoms with Gasteiger partial charge in [-0.2, -0.15) is 31.3 Å². The molecule has 1 saturated heterocycles. The van der Waals surface area contributed by atoms with Gasteiger partial charge in [0.1, 0.15) is 5.75 Å². The van der Waals surface area contributed by atoms with E-state index in [1.807, 2.05) is 30.3 Å². The molecule has 0 bridgehead atoms. The second-order valence-electron chi connectivity index (χ2n) is 10.1. The highest BCUT2D eigenvalue weighted by Gasteiger charge is 2.61. The first-order valence-corrected chi connectivity index (χ1v) is 14.5. The molecule has 1 fully saturated rings. The molecule has 2 aliphatic heterocycles. The molecule has 2 aliphatic rings. The molecule has 2 aromatic rings. The molecule has 15 heteroatoms. The van der Waals surface area contributed by atoms with Crippen molar-refractivity contribution >= 4 is 27.4 Å². The maximum atomic E-state index is 13.5. The largest absolute Gasteiger partial charge is 0.499 e. The smallest absolute Gasteiger partial charge is 0.426 e. The average Bonchev–Trinajstić information content (AvgIpc) is 2.96. The van der Waals surface area contributed by atoms with E-state index in [9.17, 15) is 45.2 Å². The van der Waals surface area contributed by atoms with E-state index in [4.69, 9.17) is 0 Å². The number of hydrogen-bond acceptors (Lipinski definition) is 7. The number of piperidine rings is 1. The van der Waals surface area contributed by atoms with Gasteiger partial charge in [-0.05, 0) is 67.8 Å². The number of rotatable bonds is 8. The number of sulfonamides is 1. The number of carbonyl (C=O) groups excluding carboxylic acids is 2. The number of nitrogens with one attached hydrogen (secondary N) is 1. The number of benzene rings is 2. The van der Waals surface area contributed by atoms with E-state index in [1.165, 1.54) is 4.31 Å². The third-order valence-electron chi connectivity index (χ3n) is 7.24. The van der Waals surface area contributed by atoms with Gasteiger partial charge in [-0.15, -0.1) is 0 Å². The second kappa shape index (κ2) is 12.1. The Labute approximate surface area is 238 Å². The lowest BCUT2D eigenvalue weighted by atomic mass is 9.79. The Hall–Kier alpha value is -3.40. The van der Waals surface area contributed by atoms with Gasteiger partial charge in [0.05, 0.1) is 11.2 Å². The van der Waals surface area contributed by atoms with Crippen LogP contribution in [0, 0.1) is 5.41 Å². The number of amides is 2. The van der Waals surface area contributed by atoms with E-state index in [0.717, 1.165) is 23.3 Å². The van der Waals surface area contributed by atoms with Gasteiger partial charge >= 0.3 is 12.3 Å². The molecule has 228 valence electrons. The number of imide groups is 1. The standard InChI is InChI=1S/C27H28F5N3O6S/c28-26(29,30)27(31,32)41-22-8-6-21(7-9-22)23(36)35(38)24(37)25(12-14-33-15-13-25)18-42(39,40)34-16-10-20(11-17-34)19-4-2-1-3-5-19/h1-10,33,38H,11-18H2. The predicted molar refractivity (Wildman–Crippen MR) is 140 cm³/mol. The Morgan fingerprint density at radius 2 is 1.62 bits per heavy atom. The number of ether oxygens (including phenoxy) is 1. The van der Waals surface area contributed by atoms with Crippen LogP contribution in [0.1, 0.15) is 35.2 Å². The van der Waals surface area contributed by atoms with Crippen LogP contribution in [-0.4, -0.2) is 79.0 Å². The van der Waals surface area contributed by atoms with Crippen LogP contribution in [-0.2, 0) is 14.8 Å². The zero-order chi connectivity index (χ0) is 30.8. The third-order valence-corrected chi connectivity index (χ3v) is 9.28. The van der Waals surface area contributed by atoms with Gasteiger partial charge in [0.2, 0.25) is 10.0 Å². The molecule has 2 N–H and O–H groups in total. The normalized spacial score (nSPS) is 18.2. The molecule has 0 aliphatic carbocycles. The second-order valence-corrected chi connectivity index (χ2v) is 12.0. The van der Waals surface area contributed by atoms with Gasteiger partial charge in [-0.25, -0.2) is 8.42 Å². The first-order valence-electron chi connectivity index (χ1n) is 12.9. The van der Waals surface area contributed by atoms with Crippen molar-refractivity contribution in [3.8, 4) is 5.75 Å². The van der Waals surface area contributed by atoms with Crippen molar-refractivity contribution in [1.29, 1.82) is 0 Å². The molecule has 0 spiro atoms. The third kappa shape index (κ3) is 6.80. The Kier molecular flexibility index (Phi) is 9.06. The maximum absolute atomic E-state index is 13.5. The first-order chi connectivity index (χ1) is 19.7. The highest BCUT2D eigenvalue weighted by atomic mass is 32.2. The van der Waals surface area contributed by atoms with Gasteiger partial charge in [-0.1, -0.05) is 36.4 Å². The number of hydroxylamine groups is 2. The first kappa shape index (κ1) is 31.5. The fraction of sp³-hybridized carbons (Fsp3) is 0.407. The molecule has 42 heavy (non-hydrogen) atoms. The lowest BCUT2D eigenvalue weighted by molar-refractivity contribution is -0.360. The molecular weight excluding hydrogens is 589 g/mol. The molecule has 4 rings (SSSR count). The number of alkyl halides is 5. The van der Waals surface area contributed by atoms with Crippen molar-refractivity contribution in [2.45, 2.75) is 31.5 Å². The summed E-state index contributed by atoms with van der Waals surface area (Å²) >= 11 is 0. The molecule has 2 amide bonds. The fourth-order valence-corrected chi connectivity index (χ4v) is 6.86. The number of carbonyl (C=O) groups is 2. The number of hydrogen-bond donors (Lipinski definition) is 2. The minimum atomic E-state index is -5.98. The van der Waals surface area contributed by atoms with E-state index in [2.05, 4.69) is 10.1 Å². The van der Waals surface area contributed by atoms with Crippen LogP contribution in [0.3, 0.4) is 0 Å². The molecule has 0 atom stereocenters. The van der Waals surface area contributed by atoms with Crippen molar-refractivity contribution in [3.63, 3.8) is 0 Å². The van der Waals surface area contributed by atoms with Crippen LogP contribution in [0.2, 0.25) is 0 Å². The average molecular weight is 618 g/mol. The molecule has 0 aromatic heterocycles. The van der Waals surface area contributed by atoms with E-state index < -0.39 is 56.6 Å². The molecule has 0 radical (unpaired) electrons. The van der Waals surface area contributed by atoms with E-state index >= 15 is 0 Å². The highest BCUT2D eigenvalue weighted by Crippen LogP contribution is 2.38. The summed E-state index contributed by atoms with van der Waals surface area (Å²) in [5.41, 5.74) is -0.131. The summed E-state index contributed by atoms with van der Waals surface area (Å²) in [7, 11) is -4.04. The minimum Gasteiger partial charge on any atom is -0.426 e. The summed E-state index contributed by atoms with van der Waals surface area (Å²) in [6.45, 7) is 0.732. The molecule has 2 heterocycles. The molecule has 0 unspecified atom stereocenters. The Morgan fingerprint density at radius 3 is 2.17 bits per heavy atom. The van der Waals surface area contributed by atoms with Crippen LogP contribution in [0.5, 0.6) is 5.75 Å². The van der Waals surface area contributed by atoms with Crippen LogP contribution in [0.4, 0.5) is 22.0 Å². The topological polar surface area (TPSA) is 116 Å². The van der Waals surface area contributed by atoms with Crippen molar-refractivity contribution in [2.75, 3.05) is 31.9 Å². The molecule has 0 saturated carbocycles. The molecule has 9 nitrogen and oxygen atoms in total. The van der Waals surface area contributed by atoms with Gasteiger partial charge < -0.3 is 10.1 Å². The monoisotopic (exact) mass is 617 g/mol. The van der Waals surface area contributed by atoms with Gasteiger partial charge in [0.25, 0.3) is 11.8 Å². The highest BCUT2D eigenvalue weighted by molar-refractivity contribution is 7.89. The number of nitrogens with zero attached hydrogens (tertiary/aromatic N) is 2. The van der Waals surface area contributed by atoms with Gasteiger partial charge in [0.15, 0.2) is 0 Å². The Morgan fingerprint density at radius 1 is 1.00 bits per heavy atom. The quantitative estimate of drug-likeness (QED) is 0.199. The summed E-state index contributed by atoms with van der Waals surface area (Å²) in [5.74, 6) is -4.08. The fourth-order valence-electron chi connectivity index (χ4n) is 4.89. The van der Waals surface area contributed by atoms with Crippen molar-refractivity contribution in [2.24, 2.45) is 5.41 Å². The van der Waals surface area contributed by atoms with E-state index in [-0.39, 0.29) is 44.1 Å². The maximum Gasteiger partial charge on any atom is 0.499 e. The van der Waals surface area contributed by atoms with Crippen molar-refractivity contribution < 1.29 is 49.9 Å². The summed E-state index contributed by atoms with van der Waals surface area (Å²) < 4.78 is 95.4. The van der Waals surface area contributed by atoms with E-state index in [1.54, 1.807) is 6.08 Å². The molecular formula is C27H28F5N3O6S. The minimum absolute atomic E-state index is 0.00630. The lowest BCUT2D eigenvalue weighted by Gasteiger charge is -2.38. The van der Waals surface area contributed by atoms with Crippen molar-refractivity contribution in [3.05, 3.63) is 71.8 Å². The van der Waals surface area contributed by atoms with Crippen LogP contribution >= 0.6 is 0 Å². The van der Waals surface area contributed by atoms with Crippen LogP contribution in [0.15, 0.2) is 60.7 Å². The summed E-state index contributed by atoms with van der Waals surface area (Å²) in [5, 5.41) is 13.4. The lowest BCUT2D eigenvalue weighted by Crippen LogP contribution is -2.54. The van der Waals surface area contributed by atoms with Crippen LogP contribution < -0.4 is 10.1 Å². The predicted octanol–water partition coefficient (Wildman–Crippen LogP) is 4.07. The summed E-state index contributed by atoms with van der Waals surface area (Å²) in [4.78, 5) is 26.3. The van der Waals surface area contributed by atoms with Crippen LogP contribution in [0.25, 0.3) is 5.57 Å². The van der Waals surface area contributed by atoms with Gasteiger partial charge in [-0.3, -0.25) is 14.8 Å². The van der Waals surface area contributed by atoms with Crippen molar-refractivity contribution in [1.82, 2.24) is 14.7 Å². The zero-order valence-corrected chi connectivity index (χ0v) is 22.9. The zero-order valence-electron chi connectivity index (χ0n) is 22.1. The Balaban J connectivity index is 1.48. The Bertz CT molecular complexity index is 1430. The molecule has 2 aromatic carbocycles. The van der Waals surface area contributed by atoms with E-state index in [0.29, 0.717) is 18.6 Å².